The first kappa shape index (κ1) is 18.1. The van der Waals surface area contributed by atoms with Crippen molar-refractivity contribution >= 4 is 29.3 Å². The predicted molar refractivity (Wildman–Crippen MR) is 78.1 cm³/mol. The fourth-order valence-corrected chi connectivity index (χ4v) is 2.50. The standard InChI is InChI=1S/C14H13ClF3N3O3/c15-10-2-1-8(14(16,17)18)7-9(10)12(23)20-3-5-21(6-4-20)13(24)11(19)22/h1-2,7H,3-6H2,(H2,19,22). The van der Waals surface area contributed by atoms with Crippen LogP contribution in [0.2, 0.25) is 5.02 Å². The van der Waals surface area contributed by atoms with Crippen molar-refractivity contribution in [2.24, 2.45) is 5.73 Å². The summed E-state index contributed by atoms with van der Waals surface area (Å²) in [7, 11) is 0. The highest BCUT2D eigenvalue weighted by molar-refractivity contribution is 6.34. The average Bonchev–Trinajstić information content (AvgIpc) is 2.53. The van der Waals surface area contributed by atoms with Crippen molar-refractivity contribution in [3.8, 4) is 0 Å². The minimum Gasteiger partial charge on any atom is -0.361 e. The van der Waals surface area contributed by atoms with Crippen molar-refractivity contribution in [2.45, 2.75) is 6.18 Å². The summed E-state index contributed by atoms with van der Waals surface area (Å²) in [5.74, 6) is -2.63. The SMILES string of the molecule is NC(=O)C(=O)N1CCN(C(=O)c2cc(C(F)(F)F)ccc2Cl)CC1. The number of alkyl halides is 3. The molecule has 0 aliphatic carbocycles. The molecule has 130 valence electrons. The molecule has 1 fully saturated rings. The number of halogens is 4. The Labute approximate surface area is 139 Å². The van der Waals surface area contributed by atoms with Crippen LogP contribution in [-0.2, 0) is 15.8 Å². The van der Waals surface area contributed by atoms with Gasteiger partial charge in [-0.3, -0.25) is 14.4 Å². The van der Waals surface area contributed by atoms with Gasteiger partial charge in [0.2, 0.25) is 0 Å². The zero-order chi connectivity index (χ0) is 18.1. The normalized spacial score (nSPS) is 15.3. The van der Waals surface area contributed by atoms with Crippen LogP contribution < -0.4 is 5.73 Å². The molecule has 6 nitrogen and oxygen atoms in total. The van der Waals surface area contributed by atoms with E-state index in [1.807, 2.05) is 0 Å². The van der Waals surface area contributed by atoms with Crippen LogP contribution in [0.15, 0.2) is 18.2 Å². The Hall–Kier alpha value is -2.29. The number of carbonyl (C=O) groups is 3. The number of nitrogens with zero attached hydrogens (tertiary/aromatic N) is 2. The van der Waals surface area contributed by atoms with Crippen LogP contribution in [0.3, 0.4) is 0 Å². The van der Waals surface area contributed by atoms with Crippen LogP contribution in [-0.4, -0.2) is 53.7 Å². The summed E-state index contributed by atoms with van der Waals surface area (Å²) in [4.78, 5) is 37.1. The fraction of sp³-hybridized carbons (Fsp3) is 0.357. The third-order valence-corrected chi connectivity index (χ3v) is 3.92. The first-order valence-corrected chi connectivity index (χ1v) is 7.24. The molecule has 1 aromatic rings. The zero-order valence-corrected chi connectivity index (χ0v) is 13.0. The zero-order valence-electron chi connectivity index (χ0n) is 12.3. The van der Waals surface area contributed by atoms with Crippen molar-refractivity contribution in [2.75, 3.05) is 26.2 Å². The van der Waals surface area contributed by atoms with Crippen LogP contribution in [0.4, 0.5) is 13.2 Å². The lowest BCUT2D eigenvalue weighted by atomic mass is 10.1. The lowest BCUT2D eigenvalue weighted by Crippen LogP contribution is -2.53. The van der Waals surface area contributed by atoms with Crippen LogP contribution in [0.25, 0.3) is 0 Å². The molecule has 10 heteroatoms. The number of hydrogen-bond donors (Lipinski definition) is 1. The van der Waals surface area contributed by atoms with Gasteiger partial charge < -0.3 is 15.5 Å². The number of hydrogen-bond acceptors (Lipinski definition) is 3. The maximum atomic E-state index is 12.8. The van der Waals surface area contributed by atoms with E-state index in [0.29, 0.717) is 6.07 Å². The predicted octanol–water partition coefficient (Wildman–Crippen LogP) is 1.13. The molecule has 1 aromatic carbocycles. The summed E-state index contributed by atoms with van der Waals surface area (Å²) in [6.07, 6.45) is -4.59. The molecule has 2 N–H and O–H groups in total. The third kappa shape index (κ3) is 3.78. The van der Waals surface area contributed by atoms with Gasteiger partial charge in [-0.25, -0.2) is 0 Å². The Balaban J connectivity index is 2.14. The van der Waals surface area contributed by atoms with Gasteiger partial charge in [-0.1, -0.05) is 11.6 Å². The van der Waals surface area contributed by atoms with Crippen LogP contribution >= 0.6 is 11.6 Å². The molecule has 3 amide bonds. The highest BCUT2D eigenvalue weighted by atomic mass is 35.5. The van der Waals surface area contributed by atoms with Crippen LogP contribution in [0.1, 0.15) is 15.9 Å². The Morgan fingerprint density at radius 1 is 1.04 bits per heavy atom. The molecule has 0 radical (unpaired) electrons. The second kappa shape index (κ2) is 6.68. The number of nitrogens with two attached hydrogens (primary N) is 1. The number of rotatable bonds is 1. The highest BCUT2D eigenvalue weighted by Gasteiger charge is 2.33. The lowest BCUT2D eigenvalue weighted by Gasteiger charge is -2.34. The molecular formula is C14H13ClF3N3O3. The molecule has 0 unspecified atom stereocenters. The monoisotopic (exact) mass is 363 g/mol. The van der Waals surface area contributed by atoms with E-state index in [0.717, 1.165) is 12.1 Å². The maximum absolute atomic E-state index is 12.8. The number of piperazine rings is 1. The smallest absolute Gasteiger partial charge is 0.361 e. The summed E-state index contributed by atoms with van der Waals surface area (Å²) >= 11 is 5.84. The van der Waals surface area contributed by atoms with E-state index in [4.69, 9.17) is 17.3 Å². The molecule has 1 saturated heterocycles. The molecule has 1 aliphatic heterocycles. The maximum Gasteiger partial charge on any atom is 0.416 e. The first-order chi connectivity index (χ1) is 11.1. The van der Waals surface area contributed by atoms with Crippen molar-refractivity contribution < 1.29 is 27.6 Å². The van der Waals surface area contributed by atoms with Crippen LogP contribution in [0.5, 0.6) is 0 Å². The third-order valence-electron chi connectivity index (χ3n) is 3.59. The number of carbonyl (C=O) groups excluding carboxylic acids is 3. The molecule has 0 saturated carbocycles. The summed E-state index contributed by atoms with van der Waals surface area (Å²) in [6, 6.07) is 2.51. The van der Waals surface area contributed by atoms with E-state index in [9.17, 15) is 27.6 Å². The van der Waals surface area contributed by atoms with E-state index in [2.05, 4.69) is 0 Å². The summed E-state index contributed by atoms with van der Waals surface area (Å²) in [6.45, 7) is 0.239. The number of primary amides is 1. The van der Waals surface area contributed by atoms with E-state index in [1.54, 1.807) is 0 Å². The van der Waals surface area contributed by atoms with Crippen molar-refractivity contribution in [1.29, 1.82) is 0 Å². The Morgan fingerprint density at radius 3 is 2.08 bits per heavy atom. The molecular weight excluding hydrogens is 351 g/mol. The van der Waals surface area contributed by atoms with Gasteiger partial charge in [0.1, 0.15) is 0 Å². The Bertz CT molecular complexity index is 686. The fourth-order valence-electron chi connectivity index (χ4n) is 2.30. The van der Waals surface area contributed by atoms with Gasteiger partial charge in [-0.05, 0) is 18.2 Å². The number of benzene rings is 1. The van der Waals surface area contributed by atoms with Crippen molar-refractivity contribution in [1.82, 2.24) is 9.80 Å². The van der Waals surface area contributed by atoms with Gasteiger partial charge in [0.25, 0.3) is 5.91 Å². The second-order valence-corrected chi connectivity index (χ2v) is 5.55. The molecule has 1 heterocycles. The van der Waals surface area contributed by atoms with Gasteiger partial charge in [0.15, 0.2) is 0 Å². The van der Waals surface area contributed by atoms with E-state index < -0.39 is 29.5 Å². The molecule has 0 atom stereocenters. The number of amides is 3. The summed E-state index contributed by atoms with van der Waals surface area (Å²) < 4.78 is 38.3. The van der Waals surface area contributed by atoms with Gasteiger partial charge in [0.05, 0.1) is 16.1 Å². The van der Waals surface area contributed by atoms with E-state index >= 15 is 0 Å². The van der Waals surface area contributed by atoms with Gasteiger partial charge >= 0.3 is 18.0 Å². The van der Waals surface area contributed by atoms with Gasteiger partial charge in [-0.2, -0.15) is 13.2 Å². The van der Waals surface area contributed by atoms with E-state index in [1.165, 1.54) is 9.80 Å². The molecule has 2 rings (SSSR count). The molecule has 1 aliphatic rings. The first-order valence-electron chi connectivity index (χ1n) is 6.86. The van der Waals surface area contributed by atoms with E-state index in [-0.39, 0.29) is 36.8 Å². The van der Waals surface area contributed by atoms with Crippen molar-refractivity contribution in [3.05, 3.63) is 34.3 Å². The molecule has 0 bridgehead atoms. The lowest BCUT2D eigenvalue weighted by molar-refractivity contribution is -0.145. The average molecular weight is 364 g/mol. The second-order valence-electron chi connectivity index (χ2n) is 5.14. The quantitative estimate of drug-likeness (QED) is 0.759. The Kier molecular flexibility index (Phi) is 5.02. The summed E-state index contributed by atoms with van der Waals surface area (Å²) in [5.41, 5.74) is 3.66. The largest absolute Gasteiger partial charge is 0.416 e. The van der Waals surface area contributed by atoms with Gasteiger partial charge in [0, 0.05) is 26.2 Å². The minimum atomic E-state index is -4.59. The van der Waals surface area contributed by atoms with Crippen LogP contribution in [0, 0.1) is 0 Å². The van der Waals surface area contributed by atoms with Gasteiger partial charge in [-0.15, -0.1) is 0 Å². The molecule has 0 spiro atoms. The molecule has 0 aromatic heterocycles. The summed E-state index contributed by atoms with van der Waals surface area (Å²) in [5, 5.41) is -0.0939. The molecule has 24 heavy (non-hydrogen) atoms. The topological polar surface area (TPSA) is 83.7 Å². The minimum absolute atomic E-state index is 0.0596. The highest BCUT2D eigenvalue weighted by Crippen LogP contribution is 2.32. The Morgan fingerprint density at radius 2 is 1.58 bits per heavy atom. The van der Waals surface area contributed by atoms with Crippen molar-refractivity contribution in [3.63, 3.8) is 0 Å².